The normalized spacial score (nSPS) is 28.7. The van der Waals surface area contributed by atoms with Crippen LogP contribution in [0.1, 0.15) is 32.6 Å². The molecule has 3 heteroatoms. The summed E-state index contributed by atoms with van der Waals surface area (Å²) in [6, 6.07) is 0. The molecule has 2 fully saturated rings. The first-order valence-electron chi connectivity index (χ1n) is 5.69. The van der Waals surface area contributed by atoms with Gasteiger partial charge in [0.15, 0.2) is 0 Å². The minimum absolute atomic E-state index is 0.140. The van der Waals surface area contributed by atoms with Gasteiger partial charge in [0, 0.05) is 31.8 Å². The molecule has 0 aromatic rings. The lowest BCUT2D eigenvalue weighted by Gasteiger charge is -2.34. The third-order valence-corrected chi connectivity index (χ3v) is 3.62. The molecule has 1 aliphatic heterocycles. The van der Waals surface area contributed by atoms with Crippen molar-refractivity contribution >= 4 is 0 Å². The summed E-state index contributed by atoms with van der Waals surface area (Å²) in [4.78, 5) is 0. The second-order valence-electron chi connectivity index (χ2n) is 5.39. The van der Waals surface area contributed by atoms with Crippen LogP contribution in [0.25, 0.3) is 0 Å². The van der Waals surface area contributed by atoms with E-state index in [2.05, 4.69) is 12.2 Å². The van der Waals surface area contributed by atoms with Crippen LogP contribution in [0.3, 0.4) is 0 Å². The van der Waals surface area contributed by atoms with Gasteiger partial charge < -0.3 is 15.8 Å². The van der Waals surface area contributed by atoms with Crippen molar-refractivity contribution in [1.82, 2.24) is 5.32 Å². The van der Waals surface area contributed by atoms with Crippen molar-refractivity contribution in [2.24, 2.45) is 11.1 Å². The van der Waals surface area contributed by atoms with Gasteiger partial charge in [-0.25, -0.2) is 0 Å². The highest BCUT2D eigenvalue weighted by Crippen LogP contribution is 2.32. The Balaban J connectivity index is 1.67. The molecule has 2 aliphatic rings. The predicted molar refractivity (Wildman–Crippen MR) is 57.2 cm³/mol. The molecule has 1 saturated heterocycles. The maximum absolute atomic E-state index is 6.02. The minimum atomic E-state index is 0.140. The lowest BCUT2D eigenvalue weighted by Crippen LogP contribution is -2.42. The highest BCUT2D eigenvalue weighted by Gasteiger charge is 2.38. The maximum atomic E-state index is 6.02. The van der Waals surface area contributed by atoms with Gasteiger partial charge in [0.05, 0.1) is 0 Å². The fourth-order valence-corrected chi connectivity index (χ4v) is 1.99. The predicted octanol–water partition coefficient (Wildman–Crippen LogP) is 0.884. The van der Waals surface area contributed by atoms with Gasteiger partial charge in [-0.1, -0.05) is 6.92 Å². The molecule has 0 amide bonds. The van der Waals surface area contributed by atoms with Gasteiger partial charge >= 0.3 is 0 Å². The molecule has 3 N–H and O–H groups in total. The van der Waals surface area contributed by atoms with Crippen molar-refractivity contribution < 1.29 is 4.74 Å². The Labute approximate surface area is 86.4 Å². The van der Waals surface area contributed by atoms with Crippen LogP contribution in [-0.4, -0.2) is 31.8 Å². The molecule has 0 atom stereocenters. The van der Waals surface area contributed by atoms with E-state index >= 15 is 0 Å². The van der Waals surface area contributed by atoms with E-state index in [-0.39, 0.29) is 5.54 Å². The van der Waals surface area contributed by atoms with Gasteiger partial charge in [-0.3, -0.25) is 0 Å². The number of ether oxygens (including phenoxy) is 1. The van der Waals surface area contributed by atoms with Crippen LogP contribution in [0.15, 0.2) is 0 Å². The van der Waals surface area contributed by atoms with Crippen LogP contribution in [0.4, 0.5) is 0 Å². The second kappa shape index (κ2) is 3.80. The Kier molecular flexibility index (Phi) is 2.82. The smallest absolute Gasteiger partial charge is 0.0471 e. The minimum Gasteiger partial charge on any atom is -0.381 e. The molecular weight excluding hydrogens is 176 g/mol. The molecule has 0 aromatic heterocycles. The van der Waals surface area contributed by atoms with E-state index in [9.17, 15) is 0 Å². The van der Waals surface area contributed by atoms with Gasteiger partial charge in [-0.2, -0.15) is 0 Å². The van der Waals surface area contributed by atoms with E-state index in [1.165, 1.54) is 25.7 Å². The summed E-state index contributed by atoms with van der Waals surface area (Å²) >= 11 is 0. The molecule has 0 bridgehead atoms. The topological polar surface area (TPSA) is 47.3 Å². The summed E-state index contributed by atoms with van der Waals surface area (Å²) < 4.78 is 5.37. The maximum Gasteiger partial charge on any atom is 0.0471 e. The van der Waals surface area contributed by atoms with E-state index in [4.69, 9.17) is 10.5 Å². The third-order valence-electron chi connectivity index (χ3n) is 3.62. The van der Waals surface area contributed by atoms with Crippen LogP contribution < -0.4 is 11.1 Å². The van der Waals surface area contributed by atoms with E-state index in [1.807, 2.05) is 0 Å². The summed E-state index contributed by atoms with van der Waals surface area (Å²) in [5, 5.41) is 3.52. The summed E-state index contributed by atoms with van der Waals surface area (Å²) in [5.74, 6) is 0. The number of nitrogens with two attached hydrogens (primary N) is 1. The van der Waals surface area contributed by atoms with Gasteiger partial charge in [-0.15, -0.1) is 0 Å². The first kappa shape index (κ1) is 10.4. The molecule has 0 radical (unpaired) electrons. The van der Waals surface area contributed by atoms with Gasteiger partial charge in [0.25, 0.3) is 0 Å². The molecule has 82 valence electrons. The van der Waals surface area contributed by atoms with E-state index in [1.54, 1.807) is 0 Å². The van der Waals surface area contributed by atoms with Gasteiger partial charge in [-0.05, 0) is 31.1 Å². The fraction of sp³-hybridized carbons (Fsp3) is 1.00. The average molecular weight is 198 g/mol. The van der Waals surface area contributed by atoms with Crippen molar-refractivity contribution in [3.8, 4) is 0 Å². The molecule has 0 spiro atoms. The highest BCUT2D eigenvalue weighted by molar-refractivity contribution is 5.00. The fourth-order valence-electron chi connectivity index (χ4n) is 1.99. The zero-order valence-electron chi connectivity index (χ0n) is 9.14. The largest absolute Gasteiger partial charge is 0.381 e. The first-order valence-corrected chi connectivity index (χ1v) is 5.69. The van der Waals surface area contributed by atoms with Crippen LogP contribution in [0.5, 0.6) is 0 Å². The molecule has 3 nitrogen and oxygen atoms in total. The zero-order valence-corrected chi connectivity index (χ0v) is 9.14. The van der Waals surface area contributed by atoms with Crippen LogP contribution in [-0.2, 0) is 4.74 Å². The van der Waals surface area contributed by atoms with E-state index in [0.29, 0.717) is 5.41 Å². The van der Waals surface area contributed by atoms with Gasteiger partial charge in [0.1, 0.15) is 0 Å². The quantitative estimate of drug-likeness (QED) is 0.705. The Morgan fingerprint density at radius 3 is 2.36 bits per heavy atom. The van der Waals surface area contributed by atoms with E-state index < -0.39 is 0 Å². The van der Waals surface area contributed by atoms with Crippen molar-refractivity contribution in [2.45, 2.75) is 38.1 Å². The van der Waals surface area contributed by atoms with Crippen molar-refractivity contribution in [3.05, 3.63) is 0 Å². The molecule has 2 rings (SSSR count). The first-order chi connectivity index (χ1) is 6.62. The molecule has 0 unspecified atom stereocenters. The average Bonchev–Trinajstić information content (AvgIpc) is 2.85. The second-order valence-corrected chi connectivity index (χ2v) is 5.39. The highest BCUT2D eigenvalue weighted by atomic mass is 16.5. The van der Waals surface area contributed by atoms with Crippen LogP contribution in [0, 0.1) is 5.41 Å². The number of nitrogens with one attached hydrogen (secondary N) is 1. The number of rotatable bonds is 4. The summed E-state index contributed by atoms with van der Waals surface area (Å²) in [5.41, 5.74) is 6.59. The SMILES string of the molecule is CC1(CNCC2(N)CC2)CCOCC1. The molecule has 14 heavy (non-hydrogen) atoms. The summed E-state index contributed by atoms with van der Waals surface area (Å²) in [6.45, 7) is 6.27. The number of hydrogen-bond acceptors (Lipinski definition) is 3. The monoisotopic (exact) mass is 198 g/mol. The number of hydrogen-bond donors (Lipinski definition) is 2. The van der Waals surface area contributed by atoms with Crippen LogP contribution >= 0.6 is 0 Å². The molecule has 0 aromatic carbocycles. The lowest BCUT2D eigenvalue weighted by atomic mass is 9.82. The summed E-state index contributed by atoms with van der Waals surface area (Å²) in [6.07, 6.45) is 4.74. The molecule has 1 heterocycles. The standard InChI is InChI=1S/C11H22N2O/c1-10(4-6-14-7-5-10)8-13-9-11(12)2-3-11/h13H,2-9,12H2,1H3. The zero-order chi connectivity index (χ0) is 10.1. The van der Waals surface area contributed by atoms with E-state index in [0.717, 1.165) is 26.3 Å². The van der Waals surface area contributed by atoms with Crippen molar-refractivity contribution in [3.63, 3.8) is 0 Å². The Bertz CT molecular complexity index is 195. The summed E-state index contributed by atoms with van der Waals surface area (Å²) in [7, 11) is 0. The molecule has 1 saturated carbocycles. The third kappa shape index (κ3) is 2.69. The Morgan fingerprint density at radius 2 is 1.79 bits per heavy atom. The van der Waals surface area contributed by atoms with Crippen LogP contribution in [0.2, 0.25) is 0 Å². The van der Waals surface area contributed by atoms with Gasteiger partial charge in [0.2, 0.25) is 0 Å². The van der Waals surface area contributed by atoms with Crippen molar-refractivity contribution in [1.29, 1.82) is 0 Å². The Hall–Kier alpha value is -0.120. The molecule has 1 aliphatic carbocycles. The van der Waals surface area contributed by atoms with Crippen molar-refractivity contribution in [2.75, 3.05) is 26.3 Å². The molecular formula is C11H22N2O. The Morgan fingerprint density at radius 1 is 1.14 bits per heavy atom. The lowest BCUT2D eigenvalue weighted by molar-refractivity contribution is 0.0240.